The molecule has 1 aliphatic carbocycles. The van der Waals surface area contributed by atoms with Crippen molar-refractivity contribution in [1.29, 1.82) is 0 Å². The fourth-order valence-corrected chi connectivity index (χ4v) is 2.98. The Balaban J connectivity index is 1.85. The molecule has 2 rings (SSSR count). The van der Waals surface area contributed by atoms with Crippen LogP contribution in [0, 0.1) is 5.92 Å². The second-order valence-electron chi connectivity index (χ2n) is 6.30. The first-order chi connectivity index (χ1) is 9.97. The first-order valence-corrected chi connectivity index (χ1v) is 7.66. The zero-order chi connectivity index (χ0) is 15.4. The topological polar surface area (TPSA) is 62.2 Å². The van der Waals surface area contributed by atoms with E-state index in [1.54, 1.807) is 4.68 Å². The van der Waals surface area contributed by atoms with Crippen LogP contribution in [0.15, 0.2) is 12.4 Å². The second kappa shape index (κ2) is 6.93. The van der Waals surface area contributed by atoms with Gasteiger partial charge in [-0.2, -0.15) is 5.10 Å². The average molecular weight is 293 g/mol. The largest absolute Gasteiger partial charge is 0.336 e. The summed E-state index contributed by atoms with van der Waals surface area (Å²) < 4.78 is 1.78. The Morgan fingerprint density at radius 2 is 2.29 bits per heavy atom. The molecule has 0 saturated heterocycles. The predicted molar refractivity (Wildman–Crippen MR) is 83.0 cm³/mol. The normalized spacial score (nSPS) is 23.3. The highest BCUT2D eigenvalue weighted by molar-refractivity contribution is 5.74. The van der Waals surface area contributed by atoms with E-state index < -0.39 is 0 Å². The SMILES string of the molecule is C[C@@H]1CCC[C@H]1NC(=O)NC[C@@H](c1cnn(C)c1)N(C)C. The molecule has 0 aromatic carbocycles. The van der Waals surface area contributed by atoms with E-state index >= 15 is 0 Å². The minimum Gasteiger partial charge on any atom is -0.336 e. The first kappa shape index (κ1) is 15.8. The van der Waals surface area contributed by atoms with Gasteiger partial charge in [-0.25, -0.2) is 4.79 Å². The maximum absolute atomic E-state index is 12.0. The van der Waals surface area contributed by atoms with Gasteiger partial charge in [-0.1, -0.05) is 13.3 Å². The van der Waals surface area contributed by atoms with Crippen LogP contribution in [0.5, 0.6) is 0 Å². The van der Waals surface area contributed by atoms with Gasteiger partial charge in [0.25, 0.3) is 0 Å². The lowest BCUT2D eigenvalue weighted by molar-refractivity contribution is 0.226. The van der Waals surface area contributed by atoms with Crippen LogP contribution in [0.4, 0.5) is 4.79 Å². The van der Waals surface area contributed by atoms with Crippen LogP contribution in [-0.4, -0.2) is 47.4 Å². The number of hydrogen-bond acceptors (Lipinski definition) is 3. The average Bonchev–Trinajstić information content (AvgIpc) is 2.99. The second-order valence-corrected chi connectivity index (χ2v) is 6.30. The summed E-state index contributed by atoms with van der Waals surface area (Å²) in [5.41, 5.74) is 1.11. The van der Waals surface area contributed by atoms with E-state index in [4.69, 9.17) is 0 Å². The molecule has 0 aliphatic heterocycles. The number of nitrogens with zero attached hydrogens (tertiary/aromatic N) is 3. The van der Waals surface area contributed by atoms with Gasteiger partial charge in [-0.3, -0.25) is 4.68 Å². The van der Waals surface area contributed by atoms with Gasteiger partial charge in [0.1, 0.15) is 0 Å². The number of amides is 2. The quantitative estimate of drug-likeness (QED) is 0.865. The fourth-order valence-electron chi connectivity index (χ4n) is 2.98. The van der Waals surface area contributed by atoms with Crippen LogP contribution < -0.4 is 10.6 Å². The Morgan fingerprint density at radius 3 is 2.81 bits per heavy atom. The lowest BCUT2D eigenvalue weighted by Crippen LogP contribution is -2.45. The molecule has 6 nitrogen and oxygen atoms in total. The summed E-state index contributed by atoms with van der Waals surface area (Å²) in [6, 6.07) is 0.385. The van der Waals surface area contributed by atoms with E-state index in [0.29, 0.717) is 18.5 Å². The number of likely N-dealkylation sites (N-methyl/N-ethyl adjacent to an activating group) is 1. The smallest absolute Gasteiger partial charge is 0.315 e. The molecule has 2 amide bonds. The van der Waals surface area contributed by atoms with Gasteiger partial charge in [0.2, 0.25) is 0 Å². The van der Waals surface area contributed by atoms with Crippen LogP contribution in [0.3, 0.4) is 0 Å². The van der Waals surface area contributed by atoms with Crippen molar-refractivity contribution in [3.8, 4) is 0 Å². The third-order valence-electron chi connectivity index (χ3n) is 4.37. The van der Waals surface area contributed by atoms with Crippen LogP contribution in [0.2, 0.25) is 0 Å². The predicted octanol–water partition coefficient (Wildman–Crippen LogP) is 1.51. The van der Waals surface area contributed by atoms with E-state index in [1.165, 1.54) is 12.8 Å². The molecule has 2 N–H and O–H groups in total. The van der Waals surface area contributed by atoms with Crippen molar-refractivity contribution >= 4 is 6.03 Å². The summed E-state index contributed by atoms with van der Waals surface area (Å²) in [5.74, 6) is 0.582. The van der Waals surface area contributed by atoms with Gasteiger partial charge in [-0.15, -0.1) is 0 Å². The number of urea groups is 1. The van der Waals surface area contributed by atoms with Crippen molar-refractivity contribution in [3.63, 3.8) is 0 Å². The zero-order valence-electron chi connectivity index (χ0n) is 13.5. The molecule has 3 atom stereocenters. The van der Waals surface area contributed by atoms with Crippen LogP contribution >= 0.6 is 0 Å². The standard InChI is InChI=1S/C15H27N5O/c1-11-6-5-7-13(11)18-15(21)16-9-14(19(2)3)12-8-17-20(4)10-12/h8,10-11,13-14H,5-7,9H2,1-4H3,(H2,16,18,21)/t11-,13-,14+/m1/s1. The highest BCUT2D eigenvalue weighted by Gasteiger charge is 2.25. The maximum Gasteiger partial charge on any atom is 0.315 e. The molecule has 0 spiro atoms. The van der Waals surface area contributed by atoms with Crippen LogP contribution in [-0.2, 0) is 7.05 Å². The molecular formula is C15H27N5O. The van der Waals surface area contributed by atoms with Crippen molar-refractivity contribution in [1.82, 2.24) is 25.3 Å². The summed E-state index contributed by atoms with van der Waals surface area (Å²) in [4.78, 5) is 14.1. The molecule has 0 unspecified atom stereocenters. The van der Waals surface area contributed by atoms with Crippen LogP contribution in [0.25, 0.3) is 0 Å². The van der Waals surface area contributed by atoms with Gasteiger partial charge in [0.05, 0.1) is 12.2 Å². The third kappa shape index (κ3) is 4.20. The molecule has 1 saturated carbocycles. The van der Waals surface area contributed by atoms with Gasteiger partial charge < -0.3 is 15.5 Å². The van der Waals surface area contributed by atoms with Crippen molar-refractivity contribution in [2.75, 3.05) is 20.6 Å². The lowest BCUT2D eigenvalue weighted by Gasteiger charge is -2.24. The number of rotatable bonds is 5. The Labute approximate surface area is 126 Å². The number of aryl methyl sites for hydroxylation is 1. The van der Waals surface area contributed by atoms with Gasteiger partial charge >= 0.3 is 6.03 Å². The molecule has 0 radical (unpaired) electrons. The Kier molecular flexibility index (Phi) is 5.22. The summed E-state index contributed by atoms with van der Waals surface area (Å²) in [6.45, 7) is 2.78. The first-order valence-electron chi connectivity index (χ1n) is 7.66. The summed E-state index contributed by atoms with van der Waals surface area (Å²) in [6.07, 6.45) is 7.35. The van der Waals surface area contributed by atoms with E-state index in [9.17, 15) is 4.79 Å². The minimum atomic E-state index is -0.0653. The summed E-state index contributed by atoms with van der Waals surface area (Å²) >= 11 is 0. The molecule has 1 aliphatic rings. The molecular weight excluding hydrogens is 266 g/mol. The Morgan fingerprint density at radius 1 is 1.52 bits per heavy atom. The molecule has 118 valence electrons. The Bertz CT molecular complexity index is 470. The molecule has 6 heteroatoms. The van der Waals surface area contributed by atoms with Crippen molar-refractivity contribution in [2.45, 2.75) is 38.3 Å². The number of carbonyl (C=O) groups is 1. The van der Waals surface area contributed by atoms with Gasteiger partial charge in [0, 0.05) is 31.4 Å². The third-order valence-corrected chi connectivity index (χ3v) is 4.37. The molecule has 1 heterocycles. The van der Waals surface area contributed by atoms with Crippen LogP contribution in [0.1, 0.15) is 37.8 Å². The van der Waals surface area contributed by atoms with E-state index in [0.717, 1.165) is 12.0 Å². The van der Waals surface area contributed by atoms with Gasteiger partial charge in [-0.05, 0) is 32.9 Å². The Hall–Kier alpha value is -1.56. The van der Waals surface area contributed by atoms with E-state index in [2.05, 4.69) is 27.6 Å². The number of carbonyl (C=O) groups excluding carboxylic acids is 1. The summed E-state index contributed by atoms with van der Waals surface area (Å²) in [5, 5.41) is 10.3. The van der Waals surface area contributed by atoms with Crippen molar-refractivity contribution in [3.05, 3.63) is 18.0 Å². The van der Waals surface area contributed by atoms with Crippen molar-refractivity contribution < 1.29 is 4.79 Å². The zero-order valence-corrected chi connectivity index (χ0v) is 13.5. The molecule has 21 heavy (non-hydrogen) atoms. The van der Waals surface area contributed by atoms with Crippen molar-refractivity contribution in [2.24, 2.45) is 13.0 Å². The molecule has 1 aromatic rings. The highest BCUT2D eigenvalue weighted by Crippen LogP contribution is 2.24. The summed E-state index contributed by atoms with van der Waals surface area (Å²) in [7, 11) is 5.92. The molecule has 1 fully saturated rings. The number of hydrogen-bond donors (Lipinski definition) is 2. The monoisotopic (exact) mass is 293 g/mol. The van der Waals surface area contributed by atoms with E-state index in [1.807, 2.05) is 33.5 Å². The maximum atomic E-state index is 12.0. The van der Waals surface area contributed by atoms with E-state index in [-0.39, 0.29) is 12.1 Å². The fraction of sp³-hybridized carbons (Fsp3) is 0.733. The lowest BCUT2D eigenvalue weighted by atomic mass is 10.1. The molecule has 1 aromatic heterocycles. The minimum absolute atomic E-state index is 0.0653. The molecule has 0 bridgehead atoms. The van der Waals surface area contributed by atoms with Gasteiger partial charge in [0.15, 0.2) is 0 Å². The number of nitrogens with one attached hydrogen (secondary N) is 2. The number of aromatic nitrogens is 2. The highest BCUT2D eigenvalue weighted by atomic mass is 16.2.